The predicted molar refractivity (Wildman–Crippen MR) is 110 cm³/mol. The second-order valence-corrected chi connectivity index (χ2v) is 7.90. The van der Waals surface area contributed by atoms with Crippen molar-refractivity contribution in [3.63, 3.8) is 0 Å². The highest BCUT2D eigenvalue weighted by atomic mass is 16.7. The average Bonchev–Trinajstić information content (AvgIpc) is 3.47. The van der Waals surface area contributed by atoms with E-state index in [2.05, 4.69) is 15.5 Å². The van der Waals surface area contributed by atoms with Gasteiger partial charge in [-0.3, -0.25) is 4.79 Å². The number of hydrogen-bond donors (Lipinski definition) is 1. The van der Waals surface area contributed by atoms with Crippen molar-refractivity contribution in [3.05, 3.63) is 53.9 Å². The van der Waals surface area contributed by atoms with Gasteiger partial charge in [-0.2, -0.15) is 0 Å². The minimum absolute atomic E-state index is 0.125. The van der Waals surface area contributed by atoms with Gasteiger partial charge in [-0.15, -0.1) is 10.2 Å². The maximum atomic E-state index is 12.4. The molecule has 1 aliphatic carbocycles. The number of aromatic nitrogens is 2. The lowest BCUT2D eigenvalue weighted by Crippen LogP contribution is -2.34. The van der Waals surface area contributed by atoms with Crippen molar-refractivity contribution in [2.45, 2.75) is 51.2 Å². The van der Waals surface area contributed by atoms with Crippen LogP contribution in [0.2, 0.25) is 0 Å². The van der Waals surface area contributed by atoms with E-state index in [0.29, 0.717) is 29.6 Å². The third-order valence-corrected chi connectivity index (χ3v) is 5.52. The molecule has 1 saturated carbocycles. The van der Waals surface area contributed by atoms with Gasteiger partial charge in [-0.1, -0.05) is 17.7 Å². The van der Waals surface area contributed by atoms with Gasteiger partial charge < -0.3 is 19.2 Å². The molecule has 1 N–H and O–H groups in total. The van der Waals surface area contributed by atoms with Gasteiger partial charge in [0.1, 0.15) is 0 Å². The molecular weight excluding hydrogens is 382 g/mol. The van der Waals surface area contributed by atoms with Crippen molar-refractivity contribution in [1.82, 2.24) is 10.2 Å². The molecule has 154 valence electrons. The standard InChI is InChI=1S/C23H23N3O4/c1-15-4-6-16(7-5-15)22-26-25-21(28-22)11-10-20(27)24-17-8-9-18-19(14-17)30-23(29-18)12-2-3-13-23/h4-9,14H,2-3,10-13H2,1H3,(H,24,27). The zero-order valence-corrected chi connectivity index (χ0v) is 16.8. The second-order valence-electron chi connectivity index (χ2n) is 7.90. The summed E-state index contributed by atoms with van der Waals surface area (Å²) in [5.41, 5.74) is 2.71. The Morgan fingerprint density at radius 1 is 1.03 bits per heavy atom. The molecule has 2 aliphatic rings. The van der Waals surface area contributed by atoms with Crippen LogP contribution in [0, 0.1) is 6.92 Å². The molecule has 0 bridgehead atoms. The Morgan fingerprint density at radius 3 is 2.60 bits per heavy atom. The van der Waals surface area contributed by atoms with E-state index >= 15 is 0 Å². The maximum Gasteiger partial charge on any atom is 0.251 e. The molecule has 7 heteroatoms. The summed E-state index contributed by atoms with van der Waals surface area (Å²) in [5, 5.41) is 11.0. The minimum Gasteiger partial charge on any atom is -0.448 e. The summed E-state index contributed by atoms with van der Waals surface area (Å²) in [6.07, 6.45) is 4.64. The Morgan fingerprint density at radius 2 is 1.80 bits per heavy atom. The van der Waals surface area contributed by atoms with E-state index in [4.69, 9.17) is 13.9 Å². The first-order valence-corrected chi connectivity index (χ1v) is 10.3. The fraction of sp³-hybridized carbons (Fsp3) is 0.348. The van der Waals surface area contributed by atoms with Crippen molar-refractivity contribution in [2.75, 3.05) is 5.32 Å². The van der Waals surface area contributed by atoms with Crippen molar-refractivity contribution in [2.24, 2.45) is 0 Å². The smallest absolute Gasteiger partial charge is 0.251 e. The van der Waals surface area contributed by atoms with Crippen LogP contribution in [-0.4, -0.2) is 21.9 Å². The van der Waals surface area contributed by atoms with Crippen LogP contribution < -0.4 is 14.8 Å². The Hall–Kier alpha value is -3.35. The Labute approximate surface area is 174 Å². The number of benzene rings is 2. The van der Waals surface area contributed by atoms with Gasteiger partial charge in [0.2, 0.25) is 17.7 Å². The molecule has 7 nitrogen and oxygen atoms in total. The van der Waals surface area contributed by atoms with Crippen molar-refractivity contribution in [1.29, 1.82) is 0 Å². The van der Waals surface area contributed by atoms with Gasteiger partial charge in [0.25, 0.3) is 5.79 Å². The number of aryl methyl sites for hydroxylation is 2. The topological polar surface area (TPSA) is 86.5 Å². The van der Waals surface area contributed by atoms with Crippen molar-refractivity contribution < 1.29 is 18.7 Å². The quantitative estimate of drug-likeness (QED) is 0.664. The lowest BCUT2D eigenvalue weighted by atomic mass is 10.1. The fourth-order valence-corrected chi connectivity index (χ4v) is 3.90. The molecule has 1 amide bonds. The molecule has 2 aromatic carbocycles. The summed E-state index contributed by atoms with van der Waals surface area (Å²) in [6, 6.07) is 13.4. The van der Waals surface area contributed by atoms with Crippen LogP contribution in [0.3, 0.4) is 0 Å². The molecule has 0 saturated heterocycles. The highest BCUT2D eigenvalue weighted by molar-refractivity contribution is 5.91. The van der Waals surface area contributed by atoms with Crippen LogP contribution in [0.5, 0.6) is 11.5 Å². The molecule has 3 aromatic rings. The first kappa shape index (κ1) is 18.7. The summed E-state index contributed by atoms with van der Waals surface area (Å²) in [4.78, 5) is 12.4. The van der Waals surface area contributed by atoms with Crippen molar-refractivity contribution >= 4 is 11.6 Å². The number of anilines is 1. The van der Waals surface area contributed by atoms with Gasteiger partial charge in [-0.05, 0) is 44.0 Å². The van der Waals surface area contributed by atoms with E-state index in [1.54, 1.807) is 0 Å². The van der Waals surface area contributed by atoms with Crippen LogP contribution in [0.15, 0.2) is 46.9 Å². The summed E-state index contributed by atoms with van der Waals surface area (Å²) < 4.78 is 17.7. The van der Waals surface area contributed by atoms with Gasteiger partial charge in [0.15, 0.2) is 11.5 Å². The number of carbonyl (C=O) groups is 1. The molecule has 0 radical (unpaired) electrons. The molecule has 1 spiro atoms. The van der Waals surface area contributed by atoms with Crippen LogP contribution in [0.1, 0.15) is 43.6 Å². The molecule has 1 aromatic heterocycles. The largest absolute Gasteiger partial charge is 0.448 e. The molecular formula is C23H23N3O4. The summed E-state index contributed by atoms with van der Waals surface area (Å²) in [6.45, 7) is 2.02. The van der Waals surface area contributed by atoms with Gasteiger partial charge in [0.05, 0.1) is 0 Å². The van der Waals surface area contributed by atoms with Crippen molar-refractivity contribution in [3.8, 4) is 23.0 Å². The fourth-order valence-electron chi connectivity index (χ4n) is 3.90. The zero-order chi connectivity index (χ0) is 20.6. The van der Waals surface area contributed by atoms with Crippen LogP contribution in [0.4, 0.5) is 5.69 Å². The van der Waals surface area contributed by atoms with Gasteiger partial charge >= 0.3 is 0 Å². The van der Waals surface area contributed by atoms with E-state index in [-0.39, 0.29) is 12.3 Å². The number of fused-ring (bicyclic) bond motifs is 1. The van der Waals surface area contributed by atoms with Crippen LogP contribution in [0.25, 0.3) is 11.5 Å². The van der Waals surface area contributed by atoms with Gasteiger partial charge in [0, 0.05) is 43.0 Å². The zero-order valence-electron chi connectivity index (χ0n) is 16.8. The highest BCUT2D eigenvalue weighted by Crippen LogP contribution is 2.47. The van der Waals surface area contributed by atoms with E-state index < -0.39 is 5.79 Å². The maximum absolute atomic E-state index is 12.4. The predicted octanol–water partition coefficient (Wildman–Crippen LogP) is 4.66. The molecule has 5 rings (SSSR count). The third-order valence-electron chi connectivity index (χ3n) is 5.52. The molecule has 1 fully saturated rings. The normalized spacial score (nSPS) is 16.2. The van der Waals surface area contributed by atoms with E-state index in [9.17, 15) is 4.79 Å². The average molecular weight is 405 g/mol. The molecule has 1 aliphatic heterocycles. The molecule has 0 atom stereocenters. The summed E-state index contributed by atoms with van der Waals surface area (Å²) >= 11 is 0. The number of carbonyl (C=O) groups excluding carboxylic acids is 1. The second kappa shape index (κ2) is 7.48. The minimum atomic E-state index is -0.502. The van der Waals surface area contributed by atoms with E-state index in [1.165, 1.54) is 0 Å². The Bertz CT molecular complexity index is 1070. The lowest BCUT2D eigenvalue weighted by Gasteiger charge is -2.21. The third kappa shape index (κ3) is 3.75. The lowest BCUT2D eigenvalue weighted by molar-refractivity contribution is -0.116. The summed E-state index contributed by atoms with van der Waals surface area (Å²) in [7, 11) is 0. The SMILES string of the molecule is Cc1ccc(-c2nnc(CCC(=O)Nc3ccc4c(c3)OC3(CCCC3)O4)o2)cc1. The van der Waals surface area contributed by atoms with Crippen LogP contribution in [-0.2, 0) is 11.2 Å². The monoisotopic (exact) mass is 405 g/mol. The Kier molecular flexibility index (Phi) is 4.65. The van der Waals surface area contributed by atoms with E-state index in [1.807, 2.05) is 49.4 Å². The number of nitrogens with zero attached hydrogens (tertiary/aromatic N) is 2. The van der Waals surface area contributed by atoms with Gasteiger partial charge in [-0.25, -0.2) is 0 Å². The van der Waals surface area contributed by atoms with Crippen LogP contribution >= 0.6 is 0 Å². The molecule has 0 unspecified atom stereocenters. The number of rotatable bonds is 5. The number of ether oxygens (including phenoxy) is 2. The first-order chi connectivity index (χ1) is 14.6. The number of hydrogen-bond acceptors (Lipinski definition) is 6. The molecule has 2 heterocycles. The first-order valence-electron chi connectivity index (χ1n) is 10.3. The molecule has 30 heavy (non-hydrogen) atoms. The number of amides is 1. The Balaban J connectivity index is 1.17. The van der Waals surface area contributed by atoms with E-state index in [0.717, 1.165) is 42.6 Å². The number of nitrogens with one attached hydrogen (secondary N) is 1. The summed E-state index contributed by atoms with van der Waals surface area (Å²) in [5.74, 6) is 1.70. The highest BCUT2D eigenvalue weighted by Gasteiger charge is 2.44.